The monoisotopic (exact) mass is 338 g/mol. The van der Waals surface area contributed by atoms with Crippen LogP contribution in [0.3, 0.4) is 0 Å². The van der Waals surface area contributed by atoms with Crippen molar-refractivity contribution >= 4 is 17.5 Å². The van der Waals surface area contributed by atoms with Crippen LogP contribution in [0, 0.1) is 0 Å². The molecule has 130 valence electrons. The number of methoxy groups -OCH3 is 1. The molecule has 7 nitrogen and oxygen atoms in total. The Morgan fingerprint density at radius 3 is 2.76 bits per heavy atom. The normalized spacial score (nSPS) is 10.6. The highest BCUT2D eigenvalue weighted by molar-refractivity contribution is 5.53. The summed E-state index contributed by atoms with van der Waals surface area (Å²) in [5.41, 5.74) is 1.86. The zero-order valence-electron chi connectivity index (χ0n) is 14.5. The van der Waals surface area contributed by atoms with Crippen LogP contribution in [0.25, 0.3) is 5.69 Å². The minimum atomic E-state index is 0.552. The molecule has 3 rings (SSSR count). The lowest BCUT2D eigenvalue weighted by atomic mass is 10.3. The van der Waals surface area contributed by atoms with Gasteiger partial charge in [-0.15, -0.1) is 5.10 Å². The van der Waals surface area contributed by atoms with Gasteiger partial charge < -0.3 is 15.0 Å². The topological polar surface area (TPSA) is 68.1 Å². The van der Waals surface area contributed by atoms with Gasteiger partial charge in [-0.1, -0.05) is 18.2 Å². The van der Waals surface area contributed by atoms with E-state index in [4.69, 9.17) is 4.74 Å². The fourth-order valence-electron chi connectivity index (χ4n) is 2.45. The molecule has 0 unspecified atom stereocenters. The third-order valence-corrected chi connectivity index (χ3v) is 3.79. The Kier molecular flexibility index (Phi) is 5.58. The van der Waals surface area contributed by atoms with Crippen molar-refractivity contribution in [2.24, 2.45) is 0 Å². The molecule has 1 aromatic carbocycles. The van der Waals surface area contributed by atoms with Gasteiger partial charge in [0.1, 0.15) is 12.1 Å². The van der Waals surface area contributed by atoms with Gasteiger partial charge in [-0.3, -0.25) is 0 Å². The highest BCUT2D eigenvalue weighted by Gasteiger charge is 2.09. The SMILES string of the molecule is CCN(CCOC)c1cc(-n2cnc(Nc3ccccc3)n2)ccn1. The lowest BCUT2D eigenvalue weighted by molar-refractivity contribution is 0.205. The molecule has 1 N–H and O–H groups in total. The number of hydrogen-bond acceptors (Lipinski definition) is 6. The van der Waals surface area contributed by atoms with E-state index >= 15 is 0 Å². The van der Waals surface area contributed by atoms with Gasteiger partial charge in [-0.2, -0.15) is 4.98 Å². The highest BCUT2D eigenvalue weighted by Crippen LogP contribution is 2.17. The molecule has 0 fully saturated rings. The van der Waals surface area contributed by atoms with Crippen LogP contribution >= 0.6 is 0 Å². The zero-order valence-corrected chi connectivity index (χ0v) is 14.5. The molecule has 0 atom stereocenters. The Labute approximate surface area is 147 Å². The first-order valence-corrected chi connectivity index (χ1v) is 8.24. The standard InChI is InChI=1S/C18H22N6O/c1-3-23(11-12-25-2)17-13-16(9-10-19-17)24-14-20-18(22-24)21-15-7-5-4-6-8-15/h4-10,13-14H,3,11-12H2,1-2H3,(H,21,22). The molecule has 25 heavy (non-hydrogen) atoms. The fourth-order valence-corrected chi connectivity index (χ4v) is 2.45. The number of ether oxygens (including phenoxy) is 1. The number of nitrogens with one attached hydrogen (secondary N) is 1. The molecule has 3 aromatic rings. The minimum Gasteiger partial charge on any atom is -0.383 e. The van der Waals surface area contributed by atoms with Crippen molar-refractivity contribution in [2.75, 3.05) is 37.0 Å². The Morgan fingerprint density at radius 2 is 2.00 bits per heavy atom. The van der Waals surface area contributed by atoms with Crippen molar-refractivity contribution in [1.29, 1.82) is 0 Å². The summed E-state index contributed by atoms with van der Waals surface area (Å²) >= 11 is 0. The predicted octanol–water partition coefficient (Wildman–Crippen LogP) is 2.88. The van der Waals surface area contributed by atoms with Crippen LogP contribution in [-0.4, -0.2) is 46.6 Å². The number of likely N-dealkylation sites (N-methyl/N-ethyl adjacent to an activating group) is 1. The van der Waals surface area contributed by atoms with Gasteiger partial charge in [0.2, 0.25) is 5.95 Å². The van der Waals surface area contributed by atoms with Crippen molar-refractivity contribution in [2.45, 2.75) is 6.92 Å². The van der Waals surface area contributed by atoms with E-state index in [9.17, 15) is 0 Å². The van der Waals surface area contributed by atoms with E-state index in [2.05, 4.69) is 32.2 Å². The molecule has 0 aliphatic rings. The van der Waals surface area contributed by atoms with Gasteiger partial charge >= 0.3 is 0 Å². The molecule has 0 spiro atoms. The smallest absolute Gasteiger partial charge is 0.246 e. The number of nitrogens with zero attached hydrogens (tertiary/aromatic N) is 5. The van der Waals surface area contributed by atoms with E-state index in [-0.39, 0.29) is 0 Å². The molecule has 0 saturated carbocycles. The summed E-state index contributed by atoms with van der Waals surface area (Å²) in [5, 5.41) is 7.67. The van der Waals surface area contributed by atoms with E-state index in [1.54, 1.807) is 24.3 Å². The molecule has 2 heterocycles. The van der Waals surface area contributed by atoms with E-state index in [1.807, 2.05) is 42.5 Å². The Bertz CT molecular complexity index is 789. The van der Waals surface area contributed by atoms with Crippen LogP contribution in [0.1, 0.15) is 6.92 Å². The number of pyridine rings is 1. The van der Waals surface area contributed by atoms with Gasteiger partial charge in [0.25, 0.3) is 0 Å². The van der Waals surface area contributed by atoms with E-state index in [0.717, 1.165) is 30.3 Å². The van der Waals surface area contributed by atoms with Crippen molar-refractivity contribution in [1.82, 2.24) is 19.7 Å². The predicted molar refractivity (Wildman–Crippen MR) is 98.6 cm³/mol. The Balaban J connectivity index is 1.77. The summed E-state index contributed by atoms with van der Waals surface area (Å²) in [6.45, 7) is 4.41. The first kappa shape index (κ1) is 16.9. The maximum Gasteiger partial charge on any atom is 0.246 e. The third-order valence-electron chi connectivity index (χ3n) is 3.79. The van der Waals surface area contributed by atoms with E-state index in [0.29, 0.717) is 12.6 Å². The van der Waals surface area contributed by atoms with E-state index < -0.39 is 0 Å². The highest BCUT2D eigenvalue weighted by atomic mass is 16.5. The van der Waals surface area contributed by atoms with Gasteiger partial charge in [0.15, 0.2) is 0 Å². The van der Waals surface area contributed by atoms with Crippen LogP contribution in [0.2, 0.25) is 0 Å². The number of benzene rings is 1. The summed E-state index contributed by atoms with van der Waals surface area (Å²) in [6, 6.07) is 13.8. The van der Waals surface area contributed by atoms with Crippen molar-refractivity contribution < 1.29 is 4.74 Å². The van der Waals surface area contributed by atoms with E-state index in [1.165, 1.54) is 0 Å². The van der Waals surface area contributed by atoms with Gasteiger partial charge in [-0.05, 0) is 25.1 Å². The van der Waals surface area contributed by atoms with Crippen molar-refractivity contribution in [3.05, 3.63) is 55.0 Å². The Hall–Kier alpha value is -2.93. The molecule has 0 aliphatic carbocycles. The molecule has 0 saturated heterocycles. The quantitative estimate of drug-likeness (QED) is 0.681. The molecular weight excluding hydrogens is 316 g/mol. The van der Waals surface area contributed by atoms with Gasteiger partial charge in [0.05, 0.1) is 12.3 Å². The van der Waals surface area contributed by atoms with Crippen LogP contribution in [-0.2, 0) is 4.74 Å². The Morgan fingerprint density at radius 1 is 1.16 bits per heavy atom. The lowest BCUT2D eigenvalue weighted by Crippen LogP contribution is -2.27. The summed E-state index contributed by atoms with van der Waals surface area (Å²) in [4.78, 5) is 10.9. The molecule has 0 radical (unpaired) electrons. The molecule has 0 bridgehead atoms. The minimum absolute atomic E-state index is 0.552. The van der Waals surface area contributed by atoms with Crippen LogP contribution in [0.5, 0.6) is 0 Å². The summed E-state index contributed by atoms with van der Waals surface area (Å²) in [7, 11) is 1.70. The number of rotatable bonds is 8. The maximum atomic E-state index is 5.17. The number of para-hydroxylation sites is 1. The first-order chi connectivity index (χ1) is 12.3. The molecule has 2 aromatic heterocycles. The lowest BCUT2D eigenvalue weighted by Gasteiger charge is -2.21. The average molecular weight is 338 g/mol. The summed E-state index contributed by atoms with van der Waals surface area (Å²) in [6.07, 6.45) is 3.47. The number of hydrogen-bond donors (Lipinski definition) is 1. The summed E-state index contributed by atoms with van der Waals surface area (Å²) in [5.74, 6) is 1.45. The second kappa shape index (κ2) is 8.25. The molecule has 7 heteroatoms. The second-order valence-electron chi connectivity index (χ2n) is 5.45. The second-order valence-corrected chi connectivity index (χ2v) is 5.45. The molecular formula is C18H22N6O. The molecule has 0 amide bonds. The van der Waals surface area contributed by atoms with Crippen molar-refractivity contribution in [3.63, 3.8) is 0 Å². The third kappa shape index (κ3) is 4.33. The first-order valence-electron chi connectivity index (χ1n) is 8.24. The fraction of sp³-hybridized carbons (Fsp3) is 0.278. The number of anilines is 3. The average Bonchev–Trinajstić information content (AvgIpc) is 3.12. The van der Waals surface area contributed by atoms with Gasteiger partial charge in [-0.25, -0.2) is 9.67 Å². The molecule has 0 aliphatic heterocycles. The van der Waals surface area contributed by atoms with Crippen molar-refractivity contribution in [3.8, 4) is 5.69 Å². The van der Waals surface area contributed by atoms with Crippen LogP contribution < -0.4 is 10.2 Å². The van der Waals surface area contributed by atoms with Crippen LogP contribution in [0.4, 0.5) is 17.5 Å². The largest absolute Gasteiger partial charge is 0.383 e. The number of aromatic nitrogens is 4. The summed E-state index contributed by atoms with van der Waals surface area (Å²) < 4.78 is 6.90. The maximum absolute atomic E-state index is 5.17. The van der Waals surface area contributed by atoms with Gasteiger partial charge in [0, 0.05) is 38.1 Å². The van der Waals surface area contributed by atoms with Crippen LogP contribution in [0.15, 0.2) is 55.0 Å². The zero-order chi connectivity index (χ0) is 17.5.